The molecule has 7 heteroatoms. The summed E-state index contributed by atoms with van der Waals surface area (Å²) in [5.74, 6) is -1.12. The van der Waals surface area contributed by atoms with Crippen LogP contribution in [0.15, 0.2) is 0 Å². The SMILES string of the molecule is CO[C@H]1O[C@]2(CCC(F)(F)F)CC[C@H]3CCCCC31OO2. The predicted molar refractivity (Wildman–Crippen MR) is 66.0 cm³/mol. The highest BCUT2D eigenvalue weighted by atomic mass is 19.4. The molecule has 0 radical (unpaired) electrons. The van der Waals surface area contributed by atoms with Crippen molar-refractivity contribution in [3.63, 3.8) is 0 Å². The van der Waals surface area contributed by atoms with Crippen LogP contribution in [0.1, 0.15) is 51.4 Å². The quantitative estimate of drug-likeness (QED) is 0.745. The second-order valence-electron chi connectivity index (χ2n) is 6.31. The summed E-state index contributed by atoms with van der Waals surface area (Å²) in [5, 5.41) is 0. The normalized spacial score (nSPS) is 43.4. The van der Waals surface area contributed by atoms with Gasteiger partial charge in [-0.3, -0.25) is 0 Å². The van der Waals surface area contributed by atoms with Gasteiger partial charge in [0.1, 0.15) is 0 Å². The van der Waals surface area contributed by atoms with Gasteiger partial charge in [-0.1, -0.05) is 12.8 Å². The van der Waals surface area contributed by atoms with Crippen molar-refractivity contribution in [3.05, 3.63) is 0 Å². The van der Waals surface area contributed by atoms with E-state index in [4.69, 9.17) is 19.2 Å². The van der Waals surface area contributed by atoms with E-state index in [1.54, 1.807) is 0 Å². The molecule has 21 heavy (non-hydrogen) atoms. The summed E-state index contributed by atoms with van der Waals surface area (Å²) in [7, 11) is 1.51. The average Bonchev–Trinajstić information content (AvgIpc) is 2.70. The summed E-state index contributed by atoms with van der Waals surface area (Å²) >= 11 is 0. The van der Waals surface area contributed by atoms with Gasteiger partial charge in [0.2, 0.25) is 5.79 Å². The average molecular weight is 310 g/mol. The zero-order valence-corrected chi connectivity index (χ0v) is 12.1. The standard InChI is InChI=1S/C14H21F3O4/c1-18-11-13-6-3-2-4-10(13)5-7-12(19-11,20-21-13)8-9-14(15,16)17/h10-11H,2-9H2,1H3/t10-,11+,12-,13?/m1/s1. The second kappa shape index (κ2) is 5.37. The molecule has 1 spiro atoms. The van der Waals surface area contributed by atoms with Gasteiger partial charge in [-0.05, 0) is 25.2 Å². The lowest BCUT2D eigenvalue weighted by Gasteiger charge is -2.49. The Labute approximate surface area is 121 Å². The predicted octanol–water partition coefficient (Wildman–Crippen LogP) is 3.70. The molecule has 4 nitrogen and oxygen atoms in total. The molecule has 2 bridgehead atoms. The van der Waals surface area contributed by atoms with E-state index in [2.05, 4.69) is 0 Å². The Bertz CT molecular complexity index is 385. The molecule has 0 amide bonds. The third-order valence-corrected chi connectivity index (χ3v) is 5.01. The first-order valence-electron chi connectivity index (χ1n) is 7.53. The Morgan fingerprint density at radius 2 is 1.95 bits per heavy atom. The van der Waals surface area contributed by atoms with Crippen LogP contribution >= 0.6 is 0 Å². The number of fused-ring (bicyclic) bond motifs is 3. The van der Waals surface area contributed by atoms with E-state index in [1.807, 2.05) is 0 Å². The first-order valence-corrected chi connectivity index (χ1v) is 7.53. The molecule has 4 aliphatic rings. The molecule has 0 N–H and O–H groups in total. The second-order valence-corrected chi connectivity index (χ2v) is 6.31. The van der Waals surface area contributed by atoms with Crippen molar-refractivity contribution in [2.45, 2.75) is 75.2 Å². The first-order chi connectivity index (χ1) is 9.89. The number of hydrogen-bond donors (Lipinski definition) is 0. The molecule has 0 aromatic rings. The maximum absolute atomic E-state index is 12.5. The minimum absolute atomic E-state index is 0.214. The lowest BCUT2D eigenvalue weighted by atomic mass is 9.73. The van der Waals surface area contributed by atoms with Crippen LogP contribution in [0.5, 0.6) is 0 Å². The fourth-order valence-corrected chi connectivity index (χ4v) is 3.86. The molecule has 4 rings (SSSR count). The Hall–Kier alpha value is -0.370. The zero-order chi connectivity index (χ0) is 15.1. The molecular formula is C14H21F3O4. The van der Waals surface area contributed by atoms with Gasteiger partial charge in [-0.2, -0.15) is 13.2 Å². The first kappa shape index (κ1) is 15.5. The van der Waals surface area contributed by atoms with Crippen LogP contribution in [0.4, 0.5) is 13.2 Å². The van der Waals surface area contributed by atoms with E-state index >= 15 is 0 Å². The van der Waals surface area contributed by atoms with Crippen molar-refractivity contribution in [3.8, 4) is 0 Å². The number of halogens is 3. The minimum Gasteiger partial charge on any atom is -0.353 e. The van der Waals surface area contributed by atoms with Crippen molar-refractivity contribution in [2.75, 3.05) is 7.11 Å². The third-order valence-electron chi connectivity index (χ3n) is 5.01. The number of rotatable bonds is 3. The van der Waals surface area contributed by atoms with Crippen LogP contribution in [-0.2, 0) is 19.2 Å². The molecule has 122 valence electrons. The molecule has 1 unspecified atom stereocenters. The summed E-state index contributed by atoms with van der Waals surface area (Å²) in [6.45, 7) is 0. The van der Waals surface area contributed by atoms with E-state index in [1.165, 1.54) is 7.11 Å². The highest BCUT2D eigenvalue weighted by Gasteiger charge is 2.61. The molecule has 3 heterocycles. The highest BCUT2D eigenvalue weighted by molar-refractivity contribution is 4.99. The van der Waals surface area contributed by atoms with Crippen LogP contribution in [0.2, 0.25) is 0 Å². The molecular weight excluding hydrogens is 289 g/mol. The van der Waals surface area contributed by atoms with Crippen molar-refractivity contribution in [1.29, 1.82) is 0 Å². The molecule has 4 atom stereocenters. The summed E-state index contributed by atoms with van der Waals surface area (Å²) in [6.07, 6.45) is -1.14. The van der Waals surface area contributed by atoms with E-state index in [9.17, 15) is 13.2 Å². The van der Waals surface area contributed by atoms with Crippen LogP contribution < -0.4 is 0 Å². The lowest BCUT2D eigenvalue weighted by Crippen LogP contribution is -2.60. The maximum atomic E-state index is 12.5. The van der Waals surface area contributed by atoms with Crippen molar-refractivity contribution < 1.29 is 32.4 Å². The van der Waals surface area contributed by atoms with Gasteiger partial charge in [0, 0.05) is 26.4 Å². The van der Waals surface area contributed by atoms with Crippen molar-refractivity contribution >= 4 is 0 Å². The lowest BCUT2D eigenvalue weighted by molar-refractivity contribution is -0.553. The van der Waals surface area contributed by atoms with Crippen LogP contribution in [-0.4, -0.2) is 31.0 Å². The summed E-state index contributed by atoms with van der Waals surface area (Å²) < 4.78 is 48.8. The molecule has 1 aliphatic carbocycles. The van der Waals surface area contributed by atoms with E-state index in [-0.39, 0.29) is 12.3 Å². The van der Waals surface area contributed by atoms with Crippen molar-refractivity contribution in [2.24, 2.45) is 5.92 Å². The van der Waals surface area contributed by atoms with Gasteiger partial charge < -0.3 is 9.47 Å². The largest absolute Gasteiger partial charge is 0.389 e. The van der Waals surface area contributed by atoms with Gasteiger partial charge in [0.05, 0.1) is 0 Å². The fraction of sp³-hybridized carbons (Fsp3) is 1.00. The Morgan fingerprint density at radius 3 is 2.67 bits per heavy atom. The van der Waals surface area contributed by atoms with E-state index in [0.717, 1.165) is 32.1 Å². The molecule has 3 saturated heterocycles. The van der Waals surface area contributed by atoms with Gasteiger partial charge >= 0.3 is 6.18 Å². The zero-order valence-electron chi connectivity index (χ0n) is 12.1. The van der Waals surface area contributed by atoms with Crippen LogP contribution in [0.3, 0.4) is 0 Å². The summed E-state index contributed by atoms with van der Waals surface area (Å²) in [5.41, 5.74) is -0.661. The molecule has 1 saturated carbocycles. The third kappa shape index (κ3) is 2.81. The van der Waals surface area contributed by atoms with Crippen LogP contribution in [0, 0.1) is 5.92 Å². The maximum Gasteiger partial charge on any atom is 0.389 e. The summed E-state index contributed by atoms with van der Waals surface area (Å²) in [6, 6.07) is 0. The number of ether oxygens (including phenoxy) is 2. The van der Waals surface area contributed by atoms with Gasteiger partial charge in [0.25, 0.3) is 0 Å². The van der Waals surface area contributed by atoms with Gasteiger partial charge in [0.15, 0.2) is 11.9 Å². The van der Waals surface area contributed by atoms with Crippen LogP contribution in [0.25, 0.3) is 0 Å². The fourth-order valence-electron chi connectivity index (χ4n) is 3.86. The summed E-state index contributed by atoms with van der Waals surface area (Å²) in [4.78, 5) is 11.0. The topological polar surface area (TPSA) is 36.9 Å². The number of alkyl halides is 3. The Morgan fingerprint density at radius 1 is 1.14 bits per heavy atom. The molecule has 0 aromatic heterocycles. The highest BCUT2D eigenvalue weighted by Crippen LogP contribution is 2.53. The Kier molecular flexibility index (Phi) is 3.97. The van der Waals surface area contributed by atoms with Gasteiger partial charge in [-0.15, -0.1) is 0 Å². The number of methoxy groups -OCH3 is 1. The number of hydrogen-bond acceptors (Lipinski definition) is 4. The monoisotopic (exact) mass is 310 g/mol. The van der Waals surface area contributed by atoms with Gasteiger partial charge in [-0.25, -0.2) is 9.78 Å². The smallest absolute Gasteiger partial charge is 0.353 e. The van der Waals surface area contributed by atoms with E-state index in [0.29, 0.717) is 6.42 Å². The van der Waals surface area contributed by atoms with Crippen molar-refractivity contribution in [1.82, 2.24) is 0 Å². The molecule has 3 aliphatic heterocycles. The molecule has 0 aromatic carbocycles. The molecule has 4 fully saturated rings. The van der Waals surface area contributed by atoms with E-state index < -0.39 is 30.3 Å². The Balaban J connectivity index is 1.81. The minimum atomic E-state index is -4.24.